The number of benzene rings is 13. The van der Waals surface area contributed by atoms with Gasteiger partial charge in [0.25, 0.3) is 0 Å². The molecule has 3 nitrogen and oxygen atoms in total. The lowest BCUT2D eigenvalue weighted by Gasteiger charge is -2.26. The number of anilines is 9. The molecule has 16 aromatic rings. The van der Waals surface area contributed by atoms with Crippen LogP contribution in [0.2, 0.25) is 0 Å². The van der Waals surface area contributed by atoms with E-state index >= 15 is 0 Å². The largest absolute Gasteiger partial charge is 0.310 e. The number of rotatable bonds is 18. The number of thiophene rings is 3. The molecular formula is C99H75N3S3. The molecule has 105 heavy (non-hydrogen) atoms. The van der Waals surface area contributed by atoms with E-state index in [2.05, 4.69) is 381 Å². The Hall–Kier alpha value is -11.6. The Morgan fingerprint density at radius 1 is 0.190 bits per heavy atom. The van der Waals surface area contributed by atoms with Crippen LogP contribution in [0, 0.1) is 0 Å². The van der Waals surface area contributed by atoms with Gasteiger partial charge >= 0.3 is 0 Å². The molecule has 0 radical (unpaired) electrons. The van der Waals surface area contributed by atoms with Crippen LogP contribution in [0.1, 0.15) is 91.2 Å². The predicted molar refractivity (Wildman–Crippen MR) is 449 cm³/mol. The molecule has 6 heteroatoms. The first kappa shape index (κ1) is 64.2. The Balaban J connectivity index is 0.693. The van der Waals surface area contributed by atoms with Crippen LogP contribution >= 0.6 is 34.0 Å². The summed E-state index contributed by atoms with van der Waals surface area (Å²) >= 11 is 5.68. The van der Waals surface area contributed by atoms with Crippen LogP contribution in [0.3, 0.4) is 0 Å². The van der Waals surface area contributed by atoms with Crippen LogP contribution in [0.15, 0.2) is 346 Å². The lowest BCUT2D eigenvalue weighted by atomic mass is 9.94. The fourth-order valence-electron chi connectivity index (χ4n) is 17.0. The van der Waals surface area contributed by atoms with Crippen LogP contribution in [0.4, 0.5) is 51.2 Å². The van der Waals surface area contributed by atoms with Crippen LogP contribution in [0.25, 0.3) is 96.0 Å². The van der Waals surface area contributed by atoms with Gasteiger partial charge in [0.05, 0.1) is 0 Å². The highest BCUT2D eigenvalue weighted by Crippen LogP contribution is 2.55. The van der Waals surface area contributed by atoms with Crippen LogP contribution in [-0.4, -0.2) is 0 Å². The van der Waals surface area contributed by atoms with Gasteiger partial charge in [-0.2, -0.15) is 0 Å². The third-order valence-corrected chi connectivity index (χ3v) is 25.5. The topological polar surface area (TPSA) is 9.72 Å². The molecule has 0 fully saturated rings. The van der Waals surface area contributed by atoms with Crippen LogP contribution in [0.5, 0.6) is 0 Å². The van der Waals surface area contributed by atoms with Gasteiger partial charge < -0.3 is 14.7 Å². The first-order valence-corrected chi connectivity index (χ1v) is 39.4. The van der Waals surface area contributed by atoms with E-state index in [1.54, 1.807) is 0 Å². The van der Waals surface area contributed by atoms with E-state index < -0.39 is 0 Å². The molecule has 0 aliphatic heterocycles. The van der Waals surface area contributed by atoms with Crippen molar-refractivity contribution in [3.8, 4) is 96.0 Å². The SMILES string of the molecule is CCC1c2ccc(-c3ccc(-c4cc(-c5ccc(-c6ccc7c(c6)-c6cc(N(c8ccccc8)c8ccccc8)ccc6C7CC)s5)cc(-c5ccc(-c6ccc7c(c6)-c6cc(N(c8ccccc8)c8ccccc8)ccc6C7CC)s5)c4)s3)cc2-c2cc(N(c3ccccc3)c3ccccc3)ccc21. The number of nitrogens with zero attached hydrogens (tertiary/aromatic N) is 3. The quantitative estimate of drug-likeness (QED) is 0.0848. The minimum absolute atomic E-state index is 0.339. The summed E-state index contributed by atoms with van der Waals surface area (Å²) in [6.07, 6.45) is 3.12. The van der Waals surface area contributed by atoms with Gasteiger partial charge in [-0.25, -0.2) is 0 Å². The molecule has 3 aliphatic rings. The smallest absolute Gasteiger partial charge is 0.0467 e. The van der Waals surface area contributed by atoms with E-state index in [9.17, 15) is 0 Å². The molecule has 0 saturated carbocycles. The van der Waals surface area contributed by atoms with Gasteiger partial charge in [-0.3, -0.25) is 0 Å². The molecule has 0 spiro atoms. The Kier molecular flexibility index (Phi) is 16.6. The summed E-state index contributed by atoms with van der Waals surface area (Å²) in [4.78, 5) is 14.7. The van der Waals surface area contributed by atoms with Gasteiger partial charge in [-0.05, 0) is 301 Å². The molecule has 3 aliphatic carbocycles. The van der Waals surface area contributed by atoms with E-state index in [0.29, 0.717) is 17.8 Å². The summed E-state index contributed by atoms with van der Waals surface area (Å²) in [5.41, 5.74) is 34.1. The van der Waals surface area contributed by atoms with Gasteiger partial charge in [0, 0.05) is 98.2 Å². The molecule has 3 unspecified atom stereocenters. The second kappa shape index (κ2) is 27.2. The normalized spacial score (nSPS) is 14.3. The van der Waals surface area contributed by atoms with Gasteiger partial charge in [-0.1, -0.05) is 185 Å². The van der Waals surface area contributed by atoms with Crippen LogP contribution < -0.4 is 14.7 Å². The lowest BCUT2D eigenvalue weighted by Crippen LogP contribution is -2.10. The zero-order valence-electron chi connectivity index (χ0n) is 58.8. The van der Waals surface area contributed by atoms with Crippen molar-refractivity contribution in [3.63, 3.8) is 0 Å². The van der Waals surface area contributed by atoms with Gasteiger partial charge in [0.2, 0.25) is 0 Å². The number of para-hydroxylation sites is 6. The first-order chi connectivity index (χ1) is 51.9. The molecule has 19 rings (SSSR count). The minimum Gasteiger partial charge on any atom is -0.310 e. The molecule has 0 bridgehead atoms. The third kappa shape index (κ3) is 11.6. The minimum atomic E-state index is 0.339. The first-order valence-electron chi connectivity index (χ1n) is 36.9. The Labute approximate surface area is 628 Å². The van der Waals surface area contributed by atoms with E-state index in [0.717, 1.165) is 70.4 Å². The Morgan fingerprint density at radius 2 is 0.390 bits per heavy atom. The highest BCUT2D eigenvalue weighted by atomic mass is 32.1. The summed E-state index contributed by atoms with van der Waals surface area (Å²) in [6.45, 7) is 7.00. The van der Waals surface area contributed by atoms with Gasteiger partial charge in [0.1, 0.15) is 0 Å². The van der Waals surface area contributed by atoms with E-state index in [1.165, 1.54) is 129 Å². The summed E-state index contributed by atoms with van der Waals surface area (Å²) < 4.78 is 0. The van der Waals surface area contributed by atoms with Gasteiger partial charge in [0.15, 0.2) is 0 Å². The summed E-state index contributed by atoms with van der Waals surface area (Å²) in [6, 6.07) is 129. The monoisotopic (exact) mass is 1400 g/mol. The second-order valence-electron chi connectivity index (χ2n) is 27.9. The predicted octanol–water partition coefficient (Wildman–Crippen LogP) is 29.8. The summed E-state index contributed by atoms with van der Waals surface area (Å²) in [7, 11) is 0. The molecule has 0 N–H and O–H groups in total. The number of hydrogen-bond donors (Lipinski definition) is 0. The standard InChI is InChI=1S/C99H75N3S3/c1-4-79-82-43-37-64(58-88(82)91-61-76(40-46-85(79)91)100(70-25-13-7-14-26-70)71-27-15-8-16-28-71)94-49-52-97(103-94)67-55-68(98-53-50-95(104-98)65-38-44-83-80(5-2)86-47-41-77(62-92(86)89(83)59-65)101(72-29-17-9-18-30-72)73-31-19-10-20-32-73)57-69(56-67)99-54-51-96(105-99)66-39-45-84-81(6-3)87-48-42-78(63-93(87)90(84)60-66)102(74-33-21-11-22-34-74)75-35-23-12-24-36-75/h7-63,79-81H,4-6H2,1-3H3. The fraction of sp³-hybridized carbons (Fsp3) is 0.0909. The molecule has 3 aromatic heterocycles. The van der Waals surface area contributed by atoms with Crippen molar-refractivity contribution in [3.05, 3.63) is 379 Å². The van der Waals surface area contributed by atoms with Crippen molar-refractivity contribution in [2.45, 2.75) is 57.8 Å². The molecule has 504 valence electrons. The number of hydrogen-bond acceptors (Lipinski definition) is 6. The lowest BCUT2D eigenvalue weighted by molar-refractivity contribution is 0.797. The highest BCUT2D eigenvalue weighted by molar-refractivity contribution is 7.19. The molecular weight excluding hydrogens is 1330 g/mol. The summed E-state index contributed by atoms with van der Waals surface area (Å²) in [5.74, 6) is 1.02. The zero-order valence-corrected chi connectivity index (χ0v) is 61.3. The Bertz CT molecular complexity index is 5190. The van der Waals surface area contributed by atoms with Crippen molar-refractivity contribution in [1.29, 1.82) is 0 Å². The number of fused-ring (bicyclic) bond motifs is 9. The maximum Gasteiger partial charge on any atom is 0.0467 e. The molecule has 0 amide bonds. The van der Waals surface area contributed by atoms with E-state index in [-0.39, 0.29) is 0 Å². The fourth-order valence-corrected chi connectivity index (χ4v) is 20.0. The zero-order chi connectivity index (χ0) is 70.1. The van der Waals surface area contributed by atoms with E-state index in [4.69, 9.17) is 0 Å². The molecule has 0 saturated heterocycles. The van der Waals surface area contributed by atoms with Crippen molar-refractivity contribution < 1.29 is 0 Å². The van der Waals surface area contributed by atoms with E-state index in [1.807, 2.05) is 34.0 Å². The highest BCUT2D eigenvalue weighted by Gasteiger charge is 2.33. The second-order valence-corrected chi connectivity index (χ2v) is 31.2. The van der Waals surface area contributed by atoms with Crippen molar-refractivity contribution in [2.24, 2.45) is 0 Å². The average molecular weight is 1400 g/mol. The van der Waals surface area contributed by atoms with Crippen LogP contribution in [-0.2, 0) is 0 Å². The molecule has 3 heterocycles. The maximum absolute atomic E-state index is 2.48. The van der Waals surface area contributed by atoms with Crippen molar-refractivity contribution in [2.75, 3.05) is 14.7 Å². The van der Waals surface area contributed by atoms with Gasteiger partial charge in [-0.15, -0.1) is 34.0 Å². The Morgan fingerprint density at radius 3 is 0.610 bits per heavy atom. The average Bonchev–Trinajstić information content (AvgIpc) is 1.61. The van der Waals surface area contributed by atoms with Crippen molar-refractivity contribution in [1.82, 2.24) is 0 Å². The maximum atomic E-state index is 2.48. The third-order valence-electron chi connectivity index (χ3n) is 21.9. The van der Waals surface area contributed by atoms with Crippen molar-refractivity contribution >= 4 is 85.2 Å². The molecule has 13 aromatic carbocycles. The molecule has 3 atom stereocenters. The summed E-state index contributed by atoms with van der Waals surface area (Å²) in [5, 5.41) is 0.